The second kappa shape index (κ2) is 10.9. The lowest BCUT2D eigenvalue weighted by Crippen LogP contribution is -2.07. The van der Waals surface area contributed by atoms with Gasteiger partial charge in [-0.05, 0) is 41.5 Å². The summed E-state index contributed by atoms with van der Waals surface area (Å²) in [7, 11) is 0. The number of rotatable bonds is 5. The van der Waals surface area contributed by atoms with Crippen LogP contribution in [0.2, 0.25) is 0 Å². The number of hydrogen-bond acceptors (Lipinski definition) is 4. The second-order valence-corrected chi connectivity index (χ2v) is 12.0. The third-order valence-electron chi connectivity index (χ3n) is 9.12. The Morgan fingerprint density at radius 1 is 0.388 bits per heavy atom. The summed E-state index contributed by atoms with van der Waals surface area (Å²) in [5.74, 6) is 2.56. The Labute approximate surface area is 281 Å². The maximum Gasteiger partial charge on any atom is 0.240 e. The lowest BCUT2D eigenvalue weighted by molar-refractivity contribution is 0.941. The summed E-state index contributed by atoms with van der Waals surface area (Å²) >= 11 is 0. The quantitative estimate of drug-likeness (QED) is 0.190. The van der Waals surface area contributed by atoms with E-state index < -0.39 is 0 Å². The first-order chi connectivity index (χ1) is 24.3. The van der Waals surface area contributed by atoms with E-state index in [2.05, 4.69) is 129 Å². The molecule has 0 aliphatic rings. The number of benzene rings is 6. The number of imidazole rings is 2. The fourth-order valence-electron chi connectivity index (χ4n) is 6.88. The molecule has 0 saturated heterocycles. The molecule has 10 aromatic rings. The lowest BCUT2D eigenvalue weighted by Gasteiger charge is -2.11. The Hall–Kier alpha value is -6.86. The summed E-state index contributed by atoms with van der Waals surface area (Å²) in [6.07, 6.45) is 0. The first kappa shape index (κ1) is 27.3. The van der Waals surface area contributed by atoms with Crippen molar-refractivity contribution in [3.05, 3.63) is 164 Å². The molecule has 0 atom stereocenters. The number of aromatic nitrogens is 7. The maximum atomic E-state index is 5.23. The molecule has 6 aromatic carbocycles. The third-order valence-corrected chi connectivity index (χ3v) is 9.12. The Morgan fingerprint density at radius 2 is 0.918 bits per heavy atom. The average Bonchev–Trinajstić information content (AvgIpc) is 3.82. The molecule has 10 rings (SSSR count). The summed E-state index contributed by atoms with van der Waals surface area (Å²) in [5, 5.41) is 1.08. The molecule has 4 aromatic heterocycles. The zero-order chi connectivity index (χ0) is 32.3. The van der Waals surface area contributed by atoms with Crippen LogP contribution in [0.1, 0.15) is 0 Å². The van der Waals surface area contributed by atoms with E-state index in [0.29, 0.717) is 17.6 Å². The highest BCUT2D eigenvalue weighted by molar-refractivity contribution is 6.10. The van der Waals surface area contributed by atoms with Gasteiger partial charge in [-0.1, -0.05) is 133 Å². The third kappa shape index (κ3) is 4.29. The van der Waals surface area contributed by atoms with Crippen LogP contribution in [0, 0.1) is 0 Å². The molecule has 0 N–H and O–H groups in total. The minimum atomic E-state index is 0.534. The van der Waals surface area contributed by atoms with Crippen LogP contribution in [0.4, 0.5) is 0 Å². The summed E-state index contributed by atoms with van der Waals surface area (Å²) in [6.45, 7) is 0. The van der Waals surface area contributed by atoms with Crippen molar-refractivity contribution in [1.29, 1.82) is 0 Å². The van der Waals surface area contributed by atoms with Gasteiger partial charge in [-0.2, -0.15) is 9.97 Å². The predicted octanol–water partition coefficient (Wildman–Crippen LogP) is 9.56. The molecule has 0 amide bonds. The van der Waals surface area contributed by atoms with Crippen LogP contribution in [0.25, 0.3) is 84.4 Å². The van der Waals surface area contributed by atoms with Crippen molar-refractivity contribution in [3.8, 4) is 45.5 Å². The van der Waals surface area contributed by atoms with Gasteiger partial charge >= 0.3 is 0 Å². The highest BCUT2D eigenvalue weighted by Gasteiger charge is 2.26. The number of nitrogens with zero attached hydrogens (tertiary/aromatic N) is 7. The van der Waals surface area contributed by atoms with Gasteiger partial charge in [0, 0.05) is 22.2 Å². The molecule has 0 spiro atoms. The minimum Gasteiger partial charge on any atom is -0.276 e. The molecular formula is C42H27N7. The number of para-hydroxylation sites is 4. The molecule has 0 unspecified atom stereocenters. The Bertz CT molecular complexity index is 2800. The monoisotopic (exact) mass is 629 g/mol. The van der Waals surface area contributed by atoms with Crippen LogP contribution < -0.4 is 0 Å². The van der Waals surface area contributed by atoms with Crippen molar-refractivity contribution in [1.82, 2.24) is 33.5 Å². The van der Waals surface area contributed by atoms with Crippen LogP contribution in [-0.4, -0.2) is 33.5 Å². The van der Waals surface area contributed by atoms with Gasteiger partial charge in [0.25, 0.3) is 0 Å². The SMILES string of the molecule is c1ccc(-c2ccc(-c3nc(-c4ccccc4)nc(-n4c5ccccc5c5c4n4c6ccccc6nc4n5-c4ccccc4)n3)cc2)cc1. The van der Waals surface area contributed by atoms with E-state index in [1.165, 1.54) is 0 Å². The molecular weight excluding hydrogens is 603 g/mol. The van der Waals surface area contributed by atoms with Crippen LogP contribution in [0.15, 0.2) is 164 Å². The molecule has 0 aliphatic heterocycles. The van der Waals surface area contributed by atoms with E-state index in [1.54, 1.807) is 0 Å². The fraction of sp³-hybridized carbons (Fsp3) is 0. The topological polar surface area (TPSA) is 65.8 Å². The van der Waals surface area contributed by atoms with Crippen molar-refractivity contribution in [3.63, 3.8) is 0 Å². The van der Waals surface area contributed by atoms with Gasteiger partial charge in [0.15, 0.2) is 17.3 Å². The molecule has 7 nitrogen and oxygen atoms in total. The smallest absolute Gasteiger partial charge is 0.240 e. The first-order valence-corrected chi connectivity index (χ1v) is 16.3. The van der Waals surface area contributed by atoms with Crippen molar-refractivity contribution in [2.75, 3.05) is 0 Å². The summed E-state index contributed by atoms with van der Waals surface area (Å²) in [5.41, 5.74) is 10.0. The van der Waals surface area contributed by atoms with Gasteiger partial charge < -0.3 is 0 Å². The van der Waals surface area contributed by atoms with Crippen molar-refractivity contribution in [2.24, 2.45) is 0 Å². The highest BCUT2D eigenvalue weighted by Crippen LogP contribution is 2.38. The summed E-state index contributed by atoms with van der Waals surface area (Å²) in [6, 6.07) is 56.0. The van der Waals surface area contributed by atoms with Gasteiger partial charge in [0.1, 0.15) is 5.52 Å². The van der Waals surface area contributed by atoms with E-state index in [1.807, 2.05) is 48.5 Å². The van der Waals surface area contributed by atoms with E-state index >= 15 is 0 Å². The normalized spacial score (nSPS) is 11.7. The fourth-order valence-corrected chi connectivity index (χ4v) is 6.88. The Morgan fingerprint density at radius 3 is 1.63 bits per heavy atom. The van der Waals surface area contributed by atoms with Gasteiger partial charge in [0.2, 0.25) is 11.7 Å². The standard InChI is InChI=1S/C42H27N7/c1-4-14-28(15-5-1)29-24-26-31(27-25-29)39-44-38(30-16-6-2-7-17-30)45-41(46-39)48-35-22-12-10-20-33(35)37-40(48)49-36-23-13-11-21-34(36)43-42(49)47(37)32-18-8-3-9-19-32/h1-27H. The highest BCUT2D eigenvalue weighted by atomic mass is 15.3. The molecule has 49 heavy (non-hydrogen) atoms. The Balaban J connectivity index is 1.30. The van der Waals surface area contributed by atoms with Crippen LogP contribution in [-0.2, 0) is 0 Å². The van der Waals surface area contributed by atoms with Gasteiger partial charge in [0.05, 0.1) is 16.6 Å². The van der Waals surface area contributed by atoms with Crippen molar-refractivity contribution >= 4 is 38.9 Å². The molecule has 0 bridgehead atoms. The summed E-state index contributed by atoms with van der Waals surface area (Å²) < 4.78 is 6.65. The van der Waals surface area contributed by atoms with Crippen LogP contribution in [0.3, 0.4) is 0 Å². The zero-order valence-electron chi connectivity index (χ0n) is 26.2. The van der Waals surface area contributed by atoms with E-state index in [9.17, 15) is 0 Å². The van der Waals surface area contributed by atoms with Crippen LogP contribution in [0.5, 0.6) is 0 Å². The average molecular weight is 630 g/mol. The van der Waals surface area contributed by atoms with Gasteiger partial charge in [-0.15, -0.1) is 0 Å². The van der Waals surface area contributed by atoms with Crippen molar-refractivity contribution < 1.29 is 0 Å². The predicted molar refractivity (Wildman–Crippen MR) is 196 cm³/mol. The van der Waals surface area contributed by atoms with Gasteiger partial charge in [-0.25, -0.2) is 9.97 Å². The molecule has 0 fully saturated rings. The number of hydrogen-bond donors (Lipinski definition) is 0. The summed E-state index contributed by atoms with van der Waals surface area (Å²) in [4.78, 5) is 20.6. The molecule has 7 heteroatoms. The van der Waals surface area contributed by atoms with Gasteiger partial charge in [-0.3, -0.25) is 13.5 Å². The molecule has 0 radical (unpaired) electrons. The maximum absolute atomic E-state index is 5.23. The second-order valence-electron chi connectivity index (χ2n) is 12.0. The Kier molecular flexibility index (Phi) is 6.04. The van der Waals surface area contributed by atoms with Crippen molar-refractivity contribution in [2.45, 2.75) is 0 Å². The van der Waals surface area contributed by atoms with E-state index in [4.69, 9.17) is 19.9 Å². The minimum absolute atomic E-state index is 0.534. The van der Waals surface area contributed by atoms with E-state index in [-0.39, 0.29) is 0 Å². The zero-order valence-corrected chi connectivity index (χ0v) is 26.2. The molecule has 0 aliphatic carbocycles. The molecule has 230 valence electrons. The van der Waals surface area contributed by atoms with E-state index in [0.717, 1.165) is 66.8 Å². The lowest BCUT2D eigenvalue weighted by atomic mass is 10.0. The van der Waals surface area contributed by atoms with Crippen LogP contribution >= 0.6 is 0 Å². The molecule has 0 saturated carbocycles. The number of fused-ring (bicyclic) bond motifs is 7. The molecule has 4 heterocycles. The first-order valence-electron chi connectivity index (χ1n) is 16.3. The largest absolute Gasteiger partial charge is 0.276 e.